The second-order valence-corrected chi connectivity index (χ2v) is 5.43. The van der Waals surface area contributed by atoms with Gasteiger partial charge < -0.3 is 20.3 Å². The van der Waals surface area contributed by atoms with Crippen molar-refractivity contribution >= 4 is 17.5 Å². The summed E-state index contributed by atoms with van der Waals surface area (Å²) in [6, 6.07) is 8.42. The fourth-order valence-corrected chi connectivity index (χ4v) is 2.75. The Morgan fingerprint density at radius 3 is 2.48 bits per heavy atom. The number of hydrogen-bond acceptors (Lipinski definition) is 6. The first kappa shape index (κ1) is 15.3. The normalized spacial score (nSPS) is 15.4. The molecule has 7 heteroatoms. The van der Waals surface area contributed by atoms with Gasteiger partial charge in [0.2, 0.25) is 11.8 Å². The lowest BCUT2D eigenvalue weighted by Crippen LogP contribution is -2.31. The smallest absolute Gasteiger partial charge is 0.225 e. The van der Waals surface area contributed by atoms with Gasteiger partial charge in [-0.15, -0.1) is 0 Å². The number of nitrogen functional groups attached to an aromatic ring is 1. The van der Waals surface area contributed by atoms with Gasteiger partial charge in [-0.3, -0.25) is 0 Å². The van der Waals surface area contributed by atoms with E-state index in [-0.39, 0.29) is 11.8 Å². The van der Waals surface area contributed by atoms with E-state index in [2.05, 4.69) is 19.8 Å². The van der Waals surface area contributed by atoms with Gasteiger partial charge in [-0.25, -0.2) is 4.39 Å². The molecule has 0 aliphatic carbocycles. The number of aromatic nitrogens is 2. The first-order valence-electron chi connectivity index (χ1n) is 7.60. The van der Waals surface area contributed by atoms with Crippen molar-refractivity contribution in [2.24, 2.45) is 0 Å². The zero-order valence-electron chi connectivity index (χ0n) is 13.1. The van der Waals surface area contributed by atoms with Gasteiger partial charge >= 0.3 is 0 Å². The maximum atomic E-state index is 13.1. The monoisotopic (exact) mass is 317 g/mol. The number of ether oxygens (including phenoxy) is 1. The van der Waals surface area contributed by atoms with Gasteiger partial charge in [-0.1, -0.05) is 0 Å². The van der Waals surface area contributed by atoms with Gasteiger partial charge in [0, 0.05) is 37.9 Å². The summed E-state index contributed by atoms with van der Waals surface area (Å²) in [5, 5.41) is 0. The molecule has 2 N–H and O–H groups in total. The van der Waals surface area contributed by atoms with Crippen LogP contribution >= 0.6 is 0 Å². The number of anilines is 3. The molecule has 0 bridgehead atoms. The maximum Gasteiger partial charge on any atom is 0.225 e. The van der Waals surface area contributed by atoms with Crippen LogP contribution in [0.3, 0.4) is 0 Å². The minimum atomic E-state index is -0.214. The Labute approximate surface area is 134 Å². The molecule has 1 aliphatic rings. The fraction of sp³-hybridized carbons (Fsp3) is 0.375. The average Bonchev–Trinajstić information content (AvgIpc) is 2.81. The number of hydrogen-bond donors (Lipinski definition) is 1. The minimum Gasteiger partial charge on any atom is -0.481 e. The van der Waals surface area contributed by atoms with Crippen molar-refractivity contribution in [2.75, 3.05) is 48.8 Å². The molecule has 0 saturated carbocycles. The topological polar surface area (TPSA) is 67.5 Å². The number of halogens is 1. The molecule has 1 saturated heterocycles. The molecule has 0 unspecified atom stereocenters. The van der Waals surface area contributed by atoms with E-state index in [1.165, 1.54) is 12.1 Å². The lowest BCUT2D eigenvalue weighted by atomic mass is 10.2. The Morgan fingerprint density at radius 2 is 1.74 bits per heavy atom. The summed E-state index contributed by atoms with van der Waals surface area (Å²) in [5.41, 5.74) is 6.77. The van der Waals surface area contributed by atoms with Crippen molar-refractivity contribution < 1.29 is 9.13 Å². The average molecular weight is 317 g/mol. The molecule has 6 nitrogen and oxygen atoms in total. The van der Waals surface area contributed by atoms with E-state index in [9.17, 15) is 4.39 Å². The predicted octanol–water partition coefficient (Wildman–Crippen LogP) is 1.92. The molecule has 23 heavy (non-hydrogen) atoms. The summed E-state index contributed by atoms with van der Waals surface area (Å²) in [4.78, 5) is 12.7. The van der Waals surface area contributed by atoms with Crippen molar-refractivity contribution in [3.05, 3.63) is 36.1 Å². The minimum absolute atomic E-state index is 0.207. The summed E-state index contributed by atoms with van der Waals surface area (Å²) >= 11 is 0. The standard InChI is InChI=1S/C16H20FN5O/c1-23-15-11-14(19-16(18)20-15)22-8-2-7-21(9-10-22)13-5-3-12(17)4-6-13/h3-6,11H,2,7-10H2,1H3,(H2,18,19,20). The Hall–Kier alpha value is -2.57. The third-order valence-electron chi connectivity index (χ3n) is 3.93. The summed E-state index contributed by atoms with van der Waals surface area (Å²) in [6.07, 6.45) is 0.976. The highest BCUT2D eigenvalue weighted by molar-refractivity contribution is 5.49. The molecule has 1 fully saturated rings. The molecule has 0 atom stereocenters. The lowest BCUT2D eigenvalue weighted by Gasteiger charge is -2.24. The number of nitrogens with two attached hydrogens (primary N) is 1. The largest absolute Gasteiger partial charge is 0.481 e. The second-order valence-electron chi connectivity index (χ2n) is 5.43. The third-order valence-corrected chi connectivity index (χ3v) is 3.93. The van der Waals surface area contributed by atoms with Crippen molar-refractivity contribution in [3.63, 3.8) is 0 Å². The highest BCUT2D eigenvalue weighted by atomic mass is 19.1. The lowest BCUT2D eigenvalue weighted by molar-refractivity contribution is 0.397. The van der Waals surface area contributed by atoms with Gasteiger partial charge in [0.25, 0.3) is 0 Å². The highest BCUT2D eigenvalue weighted by Crippen LogP contribution is 2.22. The van der Waals surface area contributed by atoms with Crippen LogP contribution in [0.5, 0.6) is 5.88 Å². The molecular formula is C16H20FN5O. The Morgan fingerprint density at radius 1 is 1.04 bits per heavy atom. The van der Waals surface area contributed by atoms with E-state index in [4.69, 9.17) is 10.5 Å². The van der Waals surface area contributed by atoms with Crippen LogP contribution in [0, 0.1) is 5.82 Å². The van der Waals surface area contributed by atoms with Crippen LogP contribution in [0.4, 0.5) is 21.8 Å². The number of nitrogens with zero attached hydrogens (tertiary/aromatic N) is 4. The van der Waals surface area contributed by atoms with Gasteiger partial charge in [0.15, 0.2) is 0 Å². The van der Waals surface area contributed by atoms with E-state index in [1.54, 1.807) is 13.2 Å². The van der Waals surface area contributed by atoms with Crippen molar-refractivity contribution in [1.82, 2.24) is 9.97 Å². The van der Waals surface area contributed by atoms with E-state index in [1.807, 2.05) is 12.1 Å². The molecule has 0 radical (unpaired) electrons. The van der Waals surface area contributed by atoms with Gasteiger partial charge in [-0.05, 0) is 30.7 Å². The summed E-state index contributed by atoms with van der Waals surface area (Å²) in [7, 11) is 1.56. The van der Waals surface area contributed by atoms with Crippen LogP contribution in [0.25, 0.3) is 0 Å². The molecule has 2 heterocycles. The Kier molecular flexibility index (Phi) is 4.45. The van der Waals surface area contributed by atoms with Crippen molar-refractivity contribution in [3.8, 4) is 5.88 Å². The molecule has 2 aromatic rings. The summed E-state index contributed by atoms with van der Waals surface area (Å²) in [5.74, 6) is 1.23. The first-order valence-corrected chi connectivity index (χ1v) is 7.60. The second kappa shape index (κ2) is 6.68. The zero-order valence-corrected chi connectivity index (χ0v) is 13.1. The fourth-order valence-electron chi connectivity index (χ4n) is 2.75. The Bertz CT molecular complexity index is 664. The van der Waals surface area contributed by atoms with Crippen molar-refractivity contribution in [1.29, 1.82) is 0 Å². The molecule has 1 aromatic heterocycles. The predicted molar refractivity (Wildman–Crippen MR) is 88.4 cm³/mol. The number of benzene rings is 1. The number of methoxy groups -OCH3 is 1. The van der Waals surface area contributed by atoms with E-state index in [0.29, 0.717) is 5.88 Å². The van der Waals surface area contributed by atoms with Crippen LogP contribution in [0.15, 0.2) is 30.3 Å². The molecule has 122 valence electrons. The van der Waals surface area contributed by atoms with Crippen molar-refractivity contribution in [2.45, 2.75) is 6.42 Å². The third kappa shape index (κ3) is 3.61. The van der Waals surface area contributed by atoms with E-state index < -0.39 is 0 Å². The van der Waals surface area contributed by atoms with E-state index >= 15 is 0 Å². The zero-order chi connectivity index (χ0) is 16.2. The quantitative estimate of drug-likeness (QED) is 0.933. The summed E-state index contributed by atoms with van der Waals surface area (Å²) in [6.45, 7) is 3.42. The van der Waals surface area contributed by atoms with Crippen LogP contribution < -0.4 is 20.3 Å². The maximum absolute atomic E-state index is 13.1. The molecular weight excluding hydrogens is 297 g/mol. The molecule has 3 rings (SSSR count). The van der Waals surface area contributed by atoms with Gasteiger partial charge in [0.05, 0.1) is 7.11 Å². The Balaban J connectivity index is 1.73. The SMILES string of the molecule is COc1cc(N2CCCN(c3ccc(F)cc3)CC2)nc(N)n1. The molecule has 0 amide bonds. The number of rotatable bonds is 3. The van der Waals surface area contributed by atoms with Crippen LogP contribution in [-0.2, 0) is 0 Å². The van der Waals surface area contributed by atoms with Gasteiger partial charge in [0.1, 0.15) is 11.6 Å². The molecule has 1 aromatic carbocycles. The molecule has 0 spiro atoms. The van der Waals surface area contributed by atoms with Crippen LogP contribution in [0.2, 0.25) is 0 Å². The van der Waals surface area contributed by atoms with Crippen LogP contribution in [-0.4, -0.2) is 43.3 Å². The summed E-state index contributed by atoms with van der Waals surface area (Å²) < 4.78 is 18.2. The van der Waals surface area contributed by atoms with E-state index in [0.717, 1.165) is 44.1 Å². The highest BCUT2D eigenvalue weighted by Gasteiger charge is 2.17. The van der Waals surface area contributed by atoms with Crippen LogP contribution in [0.1, 0.15) is 6.42 Å². The first-order chi connectivity index (χ1) is 11.2. The van der Waals surface area contributed by atoms with Gasteiger partial charge in [-0.2, -0.15) is 9.97 Å². The molecule has 1 aliphatic heterocycles.